The maximum absolute atomic E-state index is 12.5. The summed E-state index contributed by atoms with van der Waals surface area (Å²) in [5.41, 5.74) is 10.5. The molecule has 0 radical (unpaired) electrons. The molecule has 106 valence electrons. The van der Waals surface area contributed by atoms with Crippen molar-refractivity contribution in [3.05, 3.63) is 50.7 Å². The van der Waals surface area contributed by atoms with Gasteiger partial charge in [-0.15, -0.1) is 11.3 Å². The molecular formula is C16H20N2OS. The summed E-state index contributed by atoms with van der Waals surface area (Å²) in [5.74, 6) is 0.0157. The lowest BCUT2D eigenvalue weighted by Gasteiger charge is -2.19. The van der Waals surface area contributed by atoms with Crippen LogP contribution in [0.5, 0.6) is 0 Å². The molecular weight excluding hydrogens is 268 g/mol. The van der Waals surface area contributed by atoms with Crippen LogP contribution in [0.25, 0.3) is 0 Å². The fraction of sp³-hybridized carbons (Fsp3) is 0.312. The molecule has 0 fully saturated rings. The SMILES string of the molecule is Cc1cc(C)c(C(=O)N(C)Cc2sccc2C)cc1N. The Labute approximate surface area is 124 Å². The van der Waals surface area contributed by atoms with Crippen LogP contribution in [-0.4, -0.2) is 17.9 Å². The van der Waals surface area contributed by atoms with E-state index in [4.69, 9.17) is 5.73 Å². The quantitative estimate of drug-likeness (QED) is 0.878. The van der Waals surface area contributed by atoms with Crippen molar-refractivity contribution in [1.82, 2.24) is 4.90 Å². The molecule has 0 atom stereocenters. The van der Waals surface area contributed by atoms with E-state index in [-0.39, 0.29) is 5.91 Å². The number of nitrogens with two attached hydrogens (primary N) is 1. The number of aryl methyl sites for hydroxylation is 3. The number of carbonyl (C=O) groups excluding carboxylic acids is 1. The molecule has 0 aliphatic rings. The first-order valence-electron chi connectivity index (χ1n) is 6.55. The Hall–Kier alpha value is -1.81. The van der Waals surface area contributed by atoms with E-state index < -0.39 is 0 Å². The molecule has 0 aliphatic carbocycles. The molecule has 3 nitrogen and oxygen atoms in total. The topological polar surface area (TPSA) is 46.3 Å². The highest BCUT2D eigenvalue weighted by Gasteiger charge is 2.16. The number of amides is 1. The van der Waals surface area contributed by atoms with Crippen LogP contribution in [0.4, 0.5) is 5.69 Å². The van der Waals surface area contributed by atoms with Gasteiger partial charge < -0.3 is 10.6 Å². The Morgan fingerprint density at radius 1 is 1.20 bits per heavy atom. The van der Waals surface area contributed by atoms with E-state index in [9.17, 15) is 4.79 Å². The maximum atomic E-state index is 12.5. The van der Waals surface area contributed by atoms with Crippen LogP contribution in [0.1, 0.15) is 31.9 Å². The fourth-order valence-electron chi connectivity index (χ4n) is 2.16. The van der Waals surface area contributed by atoms with Gasteiger partial charge in [-0.05, 0) is 55.0 Å². The summed E-state index contributed by atoms with van der Waals surface area (Å²) in [4.78, 5) is 15.5. The molecule has 0 bridgehead atoms. The van der Waals surface area contributed by atoms with Gasteiger partial charge in [-0.25, -0.2) is 0 Å². The number of anilines is 1. The monoisotopic (exact) mass is 288 g/mol. The van der Waals surface area contributed by atoms with Crippen LogP contribution >= 0.6 is 11.3 Å². The highest BCUT2D eigenvalue weighted by Crippen LogP contribution is 2.22. The zero-order chi connectivity index (χ0) is 14.9. The number of rotatable bonds is 3. The van der Waals surface area contributed by atoms with Crippen molar-refractivity contribution < 1.29 is 4.79 Å². The van der Waals surface area contributed by atoms with Gasteiger partial charge >= 0.3 is 0 Å². The Bertz CT molecular complexity index is 646. The van der Waals surface area contributed by atoms with Crippen LogP contribution < -0.4 is 5.73 Å². The van der Waals surface area contributed by atoms with Crippen molar-refractivity contribution in [3.8, 4) is 0 Å². The number of hydrogen-bond donors (Lipinski definition) is 1. The van der Waals surface area contributed by atoms with E-state index in [1.165, 1.54) is 10.4 Å². The van der Waals surface area contributed by atoms with Crippen LogP contribution in [0, 0.1) is 20.8 Å². The number of benzene rings is 1. The third-order valence-corrected chi connectivity index (χ3v) is 4.55. The molecule has 2 rings (SSSR count). The van der Waals surface area contributed by atoms with E-state index in [1.54, 1.807) is 22.3 Å². The van der Waals surface area contributed by atoms with Crippen LogP contribution in [0.2, 0.25) is 0 Å². The number of nitrogen functional groups attached to an aromatic ring is 1. The average molecular weight is 288 g/mol. The Morgan fingerprint density at radius 2 is 1.90 bits per heavy atom. The standard InChI is InChI=1S/C16H20N2OS/c1-10-5-6-20-15(10)9-18(4)16(19)13-8-14(17)12(3)7-11(13)2/h5-8H,9,17H2,1-4H3. The molecule has 0 saturated carbocycles. The predicted octanol–water partition coefficient (Wildman–Crippen LogP) is 3.53. The van der Waals surface area contributed by atoms with E-state index in [0.29, 0.717) is 17.8 Å². The lowest BCUT2D eigenvalue weighted by Crippen LogP contribution is -2.27. The van der Waals surface area contributed by atoms with Gasteiger partial charge in [-0.1, -0.05) is 6.07 Å². The largest absolute Gasteiger partial charge is 0.398 e. The molecule has 0 saturated heterocycles. The maximum Gasteiger partial charge on any atom is 0.254 e. The van der Waals surface area contributed by atoms with Crippen molar-refractivity contribution in [2.24, 2.45) is 0 Å². The first kappa shape index (κ1) is 14.6. The molecule has 1 amide bonds. The van der Waals surface area contributed by atoms with Crippen molar-refractivity contribution in [2.45, 2.75) is 27.3 Å². The third-order valence-electron chi connectivity index (χ3n) is 3.54. The van der Waals surface area contributed by atoms with Gasteiger partial charge in [-0.2, -0.15) is 0 Å². The van der Waals surface area contributed by atoms with Crippen molar-refractivity contribution in [3.63, 3.8) is 0 Å². The minimum absolute atomic E-state index is 0.0157. The van der Waals surface area contributed by atoms with Gasteiger partial charge in [0.05, 0.1) is 6.54 Å². The molecule has 1 aromatic carbocycles. The molecule has 1 heterocycles. The molecule has 4 heteroatoms. The van der Waals surface area contributed by atoms with Crippen molar-refractivity contribution in [1.29, 1.82) is 0 Å². The average Bonchev–Trinajstić information content (AvgIpc) is 2.78. The molecule has 0 unspecified atom stereocenters. The summed E-state index contributed by atoms with van der Waals surface area (Å²) >= 11 is 1.68. The Morgan fingerprint density at radius 3 is 2.50 bits per heavy atom. The molecule has 20 heavy (non-hydrogen) atoms. The third kappa shape index (κ3) is 2.85. The van der Waals surface area contributed by atoms with Gasteiger partial charge in [0.2, 0.25) is 0 Å². The Balaban J connectivity index is 2.23. The van der Waals surface area contributed by atoms with Crippen molar-refractivity contribution in [2.75, 3.05) is 12.8 Å². The summed E-state index contributed by atoms with van der Waals surface area (Å²) in [6, 6.07) is 5.82. The number of carbonyl (C=O) groups is 1. The first-order valence-corrected chi connectivity index (χ1v) is 7.43. The highest BCUT2D eigenvalue weighted by atomic mass is 32.1. The van der Waals surface area contributed by atoms with E-state index in [0.717, 1.165) is 11.1 Å². The smallest absolute Gasteiger partial charge is 0.254 e. The van der Waals surface area contributed by atoms with Gasteiger partial charge in [0.15, 0.2) is 0 Å². The molecule has 1 aromatic heterocycles. The van der Waals surface area contributed by atoms with E-state index >= 15 is 0 Å². The minimum atomic E-state index is 0.0157. The van der Waals surface area contributed by atoms with Crippen LogP contribution in [0.15, 0.2) is 23.6 Å². The molecule has 0 aliphatic heterocycles. The molecule has 0 spiro atoms. The first-order chi connectivity index (χ1) is 9.40. The number of thiophene rings is 1. The van der Waals surface area contributed by atoms with Crippen molar-refractivity contribution >= 4 is 22.9 Å². The molecule has 2 N–H and O–H groups in total. The van der Waals surface area contributed by atoms with Gasteiger partial charge in [-0.3, -0.25) is 4.79 Å². The van der Waals surface area contributed by atoms with Crippen LogP contribution in [-0.2, 0) is 6.54 Å². The van der Waals surface area contributed by atoms with Crippen LogP contribution in [0.3, 0.4) is 0 Å². The second kappa shape index (κ2) is 5.67. The lowest BCUT2D eigenvalue weighted by atomic mass is 10.0. The van der Waals surface area contributed by atoms with E-state index in [1.807, 2.05) is 27.0 Å². The van der Waals surface area contributed by atoms with Gasteiger partial charge in [0.1, 0.15) is 0 Å². The summed E-state index contributed by atoms with van der Waals surface area (Å²) in [7, 11) is 1.83. The van der Waals surface area contributed by atoms with Gasteiger partial charge in [0, 0.05) is 23.2 Å². The summed E-state index contributed by atoms with van der Waals surface area (Å²) in [5, 5.41) is 2.05. The highest BCUT2D eigenvalue weighted by molar-refractivity contribution is 7.10. The second-order valence-electron chi connectivity index (χ2n) is 5.21. The van der Waals surface area contributed by atoms with Gasteiger partial charge in [0.25, 0.3) is 5.91 Å². The fourth-order valence-corrected chi connectivity index (χ4v) is 3.12. The lowest BCUT2D eigenvalue weighted by molar-refractivity contribution is 0.0785. The molecule has 2 aromatic rings. The second-order valence-corrected chi connectivity index (χ2v) is 6.21. The normalized spacial score (nSPS) is 10.6. The minimum Gasteiger partial charge on any atom is -0.398 e. The summed E-state index contributed by atoms with van der Waals surface area (Å²) in [6.45, 7) is 6.61. The van der Waals surface area contributed by atoms with E-state index in [2.05, 4.69) is 18.4 Å². The Kier molecular flexibility index (Phi) is 4.14. The predicted molar refractivity (Wildman–Crippen MR) is 85.2 cm³/mol. The zero-order valence-corrected chi connectivity index (χ0v) is 13.2. The summed E-state index contributed by atoms with van der Waals surface area (Å²) in [6.07, 6.45) is 0. The number of hydrogen-bond acceptors (Lipinski definition) is 3. The zero-order valence-electron chi connectivity index (χ0n) is 12.4. The summed E-state index contributed by atoms with van der Waals surface area (Å²) < 4.78 is 0. The number of nitrogens with zero attached hydrogens (tertiary/aromatic N) is 1.